The molecule has 2 aromatic carbocycles. The lowest BCUT2D eigenvalue weighted by molar-refractivity contribution is -0.132. The fourth-order valence-corrected chi connectivity index (χ4v) is 4.98. The molecule has 3 aromatic rings. The number of anilines is 1. The number of rotatable bonds is 8. The van der Waals surface area contributed by atoms with Gasteiger partial charge in [0.05, 0.1) is 26.2 Å². The number of nitrogens with zero attached hydrogens (tertiary/aromatic N) is 1. The number of ether oxygens (including phenoxy) is 4. The first-order chi connectivity index (χ1) is 18.6. The number of hydrogen-bond acceptors (Lipinski definition) is 7. The molecule has 1 aliphatic carbocycles. The van der Waals surface area contributed by atoms with Crippen LogP contribution >= 0.6 is 0 Å². The second kappa shape index (κ2) is 11.5. The smallest absolute Gasteiger partial charge is 0.272 e. The van der Waals surface area contributed by atoms with Crippen molar-refractivity contribution >= 4 is 17.5 Å². The molecule has 38 heavy (non-hydrogen) atoms. The van der Waals surface area contributed by atoms with Gasteiger partial charge in [-0.25, -0.2) is 0 Å². The van der Waals surface area contributed by atoms with Crippen LogP contribution in [0.2, 0.25) is 0 Å². The molecular formula is C29H32N2O7. The number of benzene rings is 2. The van der Waals surface area contributed by atoms with E-state index < -0.39 is 18.1 Å². The van der Waals surface area contributed by atoms with Gasteiger partial charge in [-0.15, -0.1) is 0 Å². The van der Waals surface area contributed by atoms with E-state index in [2.05, 4.69) is 5.32 Å². The van der Waals surface area contributed by atoms with E-state index in [1.54, 1.807) is 42.5 Å². The molecule has 0 bridgehead atoms. The molecule has 200 valence electrons. The summed E-state index contributed by atoms with van der Waals surface area (Å²) in [4.78, 5) is 29.6. The highest BCUT2D eigenvalue weighted by Gasteiger charge is 2.41. The lowest BCUT2D eigenvalue weighted by atomic mass is 9.95. The molecule has 5 rings (SSSR count). The molecule has 1 aliphatic heterocycles. The predicted molar refractivity (Wildman–Crippen MR) is 140 cm³/mol. The Morgan fingerprint density at radius 2 is 1.66 bits per heavy atom. The summed E-state index contributed by atoms with van der Waals surface area (Å²) in [5.74, 6) is 1.48. The van der Waals surface area contributed by atoms with E-state index in [1.165, 1.54) is 25.4 Å². The zero-order valence-electron chi connectivity index (χ0n) is 21.6. The number of methoxy groups -OCH3 is 2. The van der Waals surface area contributed by atoms with Crippen LogP contribution in [0.1, 0.15) is 43.9 Å². The summed E-state index contributed by atoms with van der Waals surface area (Å²) in [6, 6.07) is 14.6. The van der Waals surface area contributed by atoms with Crippen LogP contribution in [0.4, 0.5) is 5.69 Å². The number of para-hydroxylation sites is 2. The fourth-order valence-electron chi connectivity index (χ4n) is 4.98. The average molecular weight is 521 g/mol. The largest absolute Gasteiger partial charge is 0.497 e. The summed E-state index contributed by atoms with van der Waals surface area (Å²) in [5, 5.41) is 3.16. The van der Waals surface area contributed by atoms with Gasteiger partial charge in [-0.05, 0) is 37.1 Å². The number of carbonyl (C=O) groups excluding carboxylic acids is 2. The molecule has 0 radical (unpaired) electrons. The maximum absolute atomic E-state index is 14.3. The van der Waals surface area contributed by atoms with Crippen molar-refractivity contribution in [2.24, 2.45) is 0 Å². The van der Waals surface area contributed by atoms with Crippen molar-refractivity contribution in [1.82, 2.24) is 5.32 Å². The molecule has 0 spiro atoms. The van der Waals surface area contributed by atoms with E-state index in [0.717, 1.165) is 32.1 Å². The van der Waals surface area contributed by atoms with Crippen LogP contribution in [-0.4, -0.2) is 44.8 Å². The first kappa shape index (κ1) is 25.5. The number of carbonyl (C=O) groups is 2. The van der Waals surface area contributed by atoms with E-state index in [-0.39, 0.29) is 18.6 Å². The molecule has 1 fully saturated rings. The van der Waals surface area contributed by atoms with Gasteiger partial charge in [0, 0.05) is 24.2 Å². The minimum Gasteiger partial charge on any atom is -0.497 e. The van der Waals surface area contributed by atoms with Gasteiger partial charge in [0.2, 0.25) is 6.10 Å². The van der Waals surface area contributed by atoms with E-state index in [0.29, 0.717) is 34.4 Å². The Morgan fingerprint density at radius 1 is 0.947 bits per heavy atom. The zero-order valence-corrected chi connectivity index (χ0v) is 21.6. The summed E-state index contributed by atoms with van der Waals surface area (Å²) < 4.78 is 28.6. The molecule has 9 nitrogen and oxygen atoms in total. The van der Waals surface area contributed by atoms with Gasteiger partial charge in [0.15, 0.2) is 17.5 Å². The van der Waals surface area contributed by atoms with E-state index in [1.807, 2.05) is 12.1 Å². The third kappa shape index (κ3) is 5.41. The number of furan rings is 1. The average Bonchev–Trinajstić information content (AvgIpc) is 3.49. The fraction of sp³-hybridized carbons (Fsp3) is 0.379. The summed E-state index contributed by atoms with van der Waals surface area (Å²) in [5.41, 5.74) is 0.397. The van der Waals surface area contributed by atoms with Gasteiger partial charge < -0.3 is 28.7 Å². The van der Waals surface area contributed by atoms with E-state index in [4.69, 9.17) is 23.4 Å². The molecule has 2 heterocycles. The minimum absolute atomic E-state index is 0.0113. The van der Waals surface area contributed by atoms with Gasteiger partial charge in [-0.1, -0.05) is 31.4 Å². The Labute approximate surface area is 221 Å². The Bertz CT molecular complexity index is 1230. The molecule has 1 saturated carbocycles. The van der Waals surface area contributed by atoms with E-state index >= 15 is 0 Å². The molecule has 2 amide bonds. The van der Waals surface area contributed by atoms with Crippen molar-refractivity contribution in [3.63, 3.8) is 0 Å². The van der Waals surface area contributed by atoms with Crippen molar-refractivity contribution in [2.75, 3.05) is 25.7 Å². The first-order valence-electron chi connectivity index (χ1n) is 12.9. The minimum atomic E-state index is -1.10. The Morgan fingerprint density at radius 3 is 2.32 bits per heavy atom. The monoisotopic (exact) mass is 520 g/mol. The third-order valence-electron chi connectivity index (χ3n) is 6.91. The van der Waals surface area contributed by atoms with Crippen molar-refractivity contribution in [3.05, 3.63) is 66.6 Å². The van der Waals surface area contributed by atoms with Crippen molar-refractivity contribution in [3.8, 4) is 23.0 Å². The number of amides is 2. The SMILES string of the molecule is COc1cc(OC)cc(N(C(=O)[C@@H]2COc3ccccc3O2)[C@@H](C(=O)NC2CCCCC2)c2ccco2)c1. The Hall–Kier alpha value is -4.14. The van der Waals surface area contributed by atoms with Gasteiger partial charge >= 0.3 is 0 Å². The maximum Gasteiger partial charge on any atom is 0.272 e. The second-order valence-corrected chi connectivity index (χ2v) is 9.40. The van der Waals surface area contributed by atoms with Gasteiger partial charge in [0.25, 0.3) is 11.8 Å². The normalized spacial score (nSPS) is 17.8. The number of hydrogen-bond donors (Lipinski definition) is 1. The lowest BCUT2D eigenvalue weighted by Gasteiger charge is -2.35. The summed E-state index contributed by atoms with van der Waals surface area (Å²) in [6.45, 7) is -0.0113. The second-order valence-electron chi connectivity index (χ2n) is 9.40. The van der Waals surface area contributed by atoms with Crippen LogP contribution in [-0.2, 0) is 9.59 Å². The van der Waals surface area contributed by atoms with Gasteiger partial charge in [0.1, 0.15) is 23.9 Å². The molecule has 9 heteroatoms. The van der Waals surface area contributed by atoms with Crippen molar-refractivity contribution < 1.29 is 33.0 Å². The Kier molecular flexibility index (Phi) is 7.72. The Balaban J connectivity index is 1.56. The quantitative estimate of drug-likeness (QED) is 0.461. The molecule has 2 atom stereocenters. The van der Waals surface area contributed by atoms with Gasteiger partial charge in [-0.3, -0.25) is 14.5 Å². The topological polar surface area (TPSA) is 99.5 Å². The zero-order chi connectivity index (χ0) is 26.5. The van der Waals surface area contributed by atoms with Crippen LogP contribution in [0.15, 0.2) is 65.3 Å². The van der Waals surface area contributed by atoms with Gasteiger partial charge in [-0.2, -0.15) is 0 Å². The summed E-state index contributed by atoms with van der Waals surface area (Å²) in [6.07, 6.45) is 5.55. The summed E-state index contributed by atoms with van der Waals surface area (Å²) in [7, 11) is 3.05. The predicted octanol–water partition coefficient (Wildman–Crippen LogP) is 4.66. The van der Waals surface area contributed by atoms with Crippen LogP contribution < -0.4 is 29.2 Å². The summed E-state index contributed by atoms with van der Waals surface area (Å²) >= 11 is 0. The highest BCUT2D eigenvalue weighted by Crippen LogP contribution is 2.37. The standard InChI is InChI=1S/C29H32N2O7/c1-34-21-15-20(16-22(17-21)35-2)31(29(33)26-18-37-23-11-6-7-12-24(23)38-26)27(25-13-8-14-36-25)28(32)30-19-9-4-3-5-10-19/h6-8,11-17,19,26-27H,3-5,9-10,18H2,1-2H3,(H,30,32)/t26-,27+/m0/s1. The number of nitrogens with one attached hydrogen (secondary N) is 1. The molecular weight excluding hydrogens is 488 g/mol. The first-order valence-corrected chi connectivity index (χ1v) is 12.9. The van der Waals surface area contributed by atoms with Crippen molar-refractivity contribution in [2.45, 2.75) is 50.3 Å². The van der Waals surface area contributed by atoms with Crippen LogP contribution in [0, 0.1) is 0 Å². The van der Waals surface area contributed by atoms with Crippen LogP contribution in [0.5, 0.6) is 23.0 Å². The maximum atomic E-state index is 14.3. The lowest BCUT2D eigenvalue weighted by Crippen LogP contribution is -2.52. The van der Waals surface area contributed by atoms with Crippen LogP contribution in [0.3, 0.4) is 0 Å². The highest BCUT2D eigenvalue weighted by molar-refractivity contribution is 6.03. The van der Waals surface area contributed by atoms with Crippen molar-refractivity contribution in [1.29, 1.82) is 0 Å². The number of fused-ring (bicyclic) bond motifs is 1. The highest BCUT2D eigenvalue weighted by atomic mass is 16.6. The van der Waals surface area contributed by atoms with E-state index in [9.17, 15) is 9.59 Å². The molecule has 0 saturated heterocycles. The molecule has 1 N–H and O–H groups in total. The molecule has 1 aromatic heterocycles. The van der Waals surface area contributed by atoms with Crippen LogP contribution in [0.25, 0.3) is 0 Å². The third-order valence-corrected chi connectivity index (χ3v) is 6.91. The molecule has 0 unspecified atom stereocenters. The molecule has 2 aliphatic rings.